The Balaban J connectivity index is 1.88. The Morgan fingerprint density at radius 2 is 1.92 bits per heavy atom. The van der Waals surface area contributed by atoms with Crippen molar-refractivity contribution in [3.8, 4) is 11.8 Å². The summed E-state index contributed by atoms with van der Waals surface area (Å²) in [6.07, 6.45) is 0. The fourth-order valence-electron chi connectivity index (χ4n) is 2.35. The molecule has 6 heteroatoms. The molecule has 0 saturated carbocycles. The molecule has 0 aromatic heterocycles. The first-order valence-electron chi connectivity index (χ1n) is 7.81. The molecule has 0 aliphatic heterocycles. The summed E-state index contributed by atoms with van der Waals surface area (Å²) in [7, 11) is 3.88. The van der Waals surface area contributed by atoms with Crippen LogP contribution in [0.15, 0.2) is 48.5 Å². The average molecular weight is 358 g/mol. The van der Waals surface area contributed by atoms with E-state index in [1.54, 1.807) is 24.3 Å². The largest absolute Gasteiger partial charge is 0.484 e. The minimum atomic E-state index is -0.219. The molecule has 2 aromatic rings. The maximum atomic E-state index is 12.0. The van der Waals surface area contributed by atoms with Crippen molar-refractivity contribution in [1.82, 2.24) is 10.2 Å². The monoisotopic (exact) mass is 357 g/mol. The summed E-state index contributed by atoms with van der Waals surface area (Å²) in [5, 5.41) is 12.3. The SMILES string of the molecule is CN(C)[C@@H](CNC(=O)COc1ccc(C#N)cc1)c1ccccc1Cl. The number of hydrogen-bond donors (Lipinski definition) is 1. The van der Waals surface area contributed by atoms with Gasteiger partial charge < -0.3 is 15.0 Å². The van der Waals surface area contributed by atoms with E-state index in [1.807, 2.05) is 49.3 Å². The number of nitrogens with one attached hydrogen (secondary N) is 1. The standard InChI is InChI=1S/C19H20ClN3O2/c1-23(2)18(16-5-3-4-6-17(16)20)12-22-19(24)13-25-15-9-7-14(11-21)8-10-15/h3-10,18H,12-13H2,1-2H3,(H,22,24)/t18-/m0/s1. The highest BCUT2D eigenvalue weighted by molar-refractivity contribution is 6.31. The summed E-state index contributed by atoms with van der Waals surface area (Å²) in [5.74, 6) is 0.327. The quantitative estimate of drug-likeness (QED) is 0.827. The van der Waals surface area contributed by atoms with Crippen LogP contribution in [-0.2, 0) is 4.79 Å². The molecule has 0 radical (unpaired) electrons. The topological polar surface area (TPSA) is 65.4 Å². The van der Waals surface area contributed by atoms with Crippen molar-refractivity contribution in [1.29, 1.82) is 5.26 Å². The smallest absolute Gasteiger partial charge is 0.258 e. The summed E-state index contributed by atoms with van der Waals surface area (Å²) < 4.78 is 5.43. The van der Waals surface area contributed by atoms with E-state index in [4.69, 9.17) is 21.6 Å². The van der Waals surface area contributed by atoms with Crippen molar-refractivity contribution in [2.45, 2.75) is 6.04 Å². The van der Waals surface area contributed by atoms with E-state index in [9.17, 15) is 4.79 Å². The lowest BCUT2D eigenvalue weighted by Crippen LogP contribution is -2.37. The van der Waals surface area contributed by atoms with Crippen LogP contribution in [0.5, 0.6) is 5.75 Å². The number of nitrogens with zero attached hydrogens (tertiary/aromatic N) is 2. The molecule has 0 spiro atoms. The van der Waals surface area contributed by atoms with E-state index >= 15 is 0 Å². The molecule has 0 unspecified atom stereocenters. The molecule has 0 heterocycles. The van der Waals surface area contributed by atoms with Gasteiger partial charge in [0.2, 0.25) is 0 Å². The molecule has 0 fully saturated rings. The molecule has 0 saturated heterocycles. The van der Waals surface area contributed by atoms with Gasteiger partial charge >= 0.3 is 0 Å². The van der Waals surface area contributed by atoms with Crippen molar-refractivity contribution < 1.29 is 9.53 Å². The van der Waals surface area contributed by atoms with Crippen molar-refractivity contribution >= 4 is 17.5 Å². The van der Waals surface area contributed by atoms with E-state index in [2.05, 4.69) is 5.32 Å². The van der Waals surface area contributed by atoms with Crippen molar-refractivity contribution in [3.63, 3.8) is 0 Å². The van der Waals surface area contributed by atoms with Gasteiger partial charge in [-0.3, -0.25) is 4.79 Å². The average Bonchev–Trinajstić information content (AvgIpc) is 2.61. The molecular formula is C19H20ClN3O2. The van der Waals surface area contributed by atoms with Crippen LogP contribution in [0.2, 0.25) is 5.02 Å². The third-order valence-electron chi connectivity index (χ3n) is 3.73. The number of nitriles is 1. The predicted molar refractivity (Wildman–Crippen MR) is 97.5 cm³/mol. The molecule has 2 rings (SSSR count). The normalized spacial score (nSPS) is 11.6. The van der Waals surface area contributed by atoms with Crippen molar-refractivity contribution in [3.05, 3.63) is 64.7 Å². The molecule has 0 bridgehead atoms. The number of hydrogen-bond acceptors (Lipinski definition) is 4. The van der Waals surface area contributed by atoms with Gasteiger partial charge in [0.25, 0.3) is 5.91 Å². The highest BCUT2D eigenvalue weighted by Crippen LogP contribution is 2.25. The molecule has 0 aliphatic carbocycles. The highest BCUT2D eigenvalue weighted by atomic mass is 35.5. The third kappa shape index (κ3) is 5.49. The second-order valence-corrected chi connectivity index (χ2v) is 6.14. The second kappa shape index (κ2) is 9.07. The lowest BCUT2D eigenvalue weighted by atomic mass is 10.1. The minimum absolute atomic E-state index is 0.0347. The Morgan fingerprint density at radius 3 is 2.52 bits per heavy atom. The van der Waals surface area contributed by atoms with E-state index in [0.717, 1.165) is 5.56 Å². The Labute approximate surface area is 152 Å². The Hall–Kier alpha value is -2.55. The number of carbonyl (C=O) groups is 1. The third-order valence-corrected chi connectivity index (χ3v) is 4.08. The Morgan fingerprint density at radius 1 is 1.24 bits per heavy atom. The maximum Gasteiger partial charge on any atom is 0.258 e. The van der Waals surface area contributed by atoms with Gasteiger partial charge in [-0.05, 0) is 50.0 Å². The molecular weight excluding hydrogens is 338 g/mol. The van der Waals surface area contributed by atoms with Crippen LogP contribution < -0.4 is 10.1 Å². The molecule has 1 amide bonds. The van der Waals surface area contributed by atoms with Crippen LogP contribution in [0.4, 0.5) is 0 Å². The fraction of sp³-hybridized carbons (Fsp3) is 0.263. The van der Waals surface area contributed by atoms with Gasteiger partial charge in [-0.25, -0.2) is 0 Å². The lowest BCUT2D eigenvalue weighted by molar-refractivity contribution is -0.123. The van der Waals surface area contributed by atoms with E-state index in [1.165, 1.54) is 0 Å². The molecule has 25 heavy (non-hydrogen) atoms. The lowest BCUT2D eigenvalue weighted by Gasteiger charge is -2.26. The summed E-state index contributed by atoms with van der Waals surface area (Å²) >= 11 is 6.26. The zero-order valence-corrected chi connectivity index (χ0v) is 15.0. The van der Waals surface area contributed by atoms with Gasteiger partial charge in [-0.2, -0.15) is 5.26 Å². The first-order valence-corrected chi connectivity index (χ1v) is 8.19. The van der Waals surface area contributed by atoms with Crippen LogP contribution in [0.1, 0.15) is 17.2 Å². The number of likely N-dealkylation sites (N-methyl/N-ethyl adjacent to an activating group) is 1. The van der Waals surface area contributed by atoms with E-state index in [-0.39, 0.29) is 18.6 Å². The van der Waals surface area contributed by atoms with Gasteiger partial charge in [-0.15, -0.1) is 0 Å². The van der Waals surface area contributed by atoms with Crippen LogP contribution >= 0.6 is 11.6 Å². The molecule has 130 valence electrons. The van der Waals surface area contributed by atoms with Gasteiger partial charge in [0.05, 0.1) is 17.7 Å². The zero-order chi connectivity index (χ0) is 18.2. The van der Waals surface area contributed by atoms with Crippen molar-refractivity contribution in [2.24, 2.45) is 0 Å². The number of halogens is 1. The van der Waals surface area contributed by atoms with Gasteiger partial charge in [0, 0.05) is 11.6 Å². The number of ether oxygens (including phenoxy) is 1. The van der Waals surface area contributed by atoms with E-state index < -0.39 is 0 Å². The number of amides is 1. The molecule has 5 nitrogen and oxygen atoms in total. The van der Waals surface area contributed by atoms with Crippen LogP contribution in [0.25, 0.3) is 0 Å². The zero-order valence-electron chi connectivity index (χ0n) is 14.2. The number of benzene rings is 2. The van der Waals surface area contributed by atoms with Gasteiger partial charge in [0.15, 0.2) is 6.61 Å². The summed E-state index contributed by atoms with van der Waals surface area (Å²) in [5.41, 5.74) is 1.51. The summed E-state index contributed by atoms with van der Waals surface area (Å²) in [6.45, 7) is 0.334. The Kier molecular flexibility index (Phi) is 6.81. The summed E-state index contributed by atoms with van der Waals surface area (Å²) in [4.78, 5) is 14.0. The molecule has 1 atom stereocenters. The van der Waals surface area contributed by atoms with Gasteiger partial charge in [-0.1, -0.05) is 29.8 Å². The number of rotatable bonds is 7. The van der Waals surface area contributed by atoms with Crippen LogP contribution in [0, 0.1) is 11.3 Å². The summed E-state index contributed by atoms with van der Waals surface area (Å²) in [6, 6.07) is 16.2. The minimum Gasteiger partial charge on any atom is -0.484 e. The first-order chi connectivity index (χ1) is 12.0. The molecule has 2 aromatic carbocycles. The predicted octanol–water partition coefficient (Wildman–Crippen LogP) is 3.01. The van der Waals surface area contributed by atoms with Crippen molar-refractivity contribution in [2.75, 3.05) is 27.2 Å². The van der Waals surface area contributed by atoms with Crippen LogP contribution in [0.3, 0.4) is 0 Å². The van der Waals surface area contributed by atoms with Crippen LogP contribution in [-0.4, -0.2) is 38.1 Å². The Bertz CT molecular complexity index is 754. The maximum absolute atomic E-state index is 12.0. The van der Waals surface area contributed by atoms with Gasteiger partial charge in [0.1, 0.15) is 5.75 Å². The first kappa shape index (κ1) is 18.8. The molecule has 1 N–H and O–H groups in total. The fourth-order valence-corrected chi connectivity index (χ4v) is 2.61. The highest BCUT2D eigenvalue weighted by Gasteiger charge is 2.17. The molecule has 0 aliphatic rings. The second-order valence-electron chi connectivity index (χ2n) is 5.73. The number of carbonyl (C=O) groups excluding carboxylic acids is 1. The van der Waals surface area contributed by atoms with E-state index in [0.29, 0.717) is 22.9 Å².